The molecule has 0 aliphatic carbocycles. The van der Waals surface area contributed by atoms with Crippen LogP contribution in [0.4, 0.5) is 0 Å². The number of imidazole rings is 1. The van der Waals surface area contributed by atoms with Crippen LogP contribution in [0.5, 0.6) is 11.5 Å². The fourth-order valence-corrected chi connectivity index (χ4v) is 4.64. The van der Waals surface area contributed by atoms with E-state index in [-0.39, 0.29) is 22.8 Å². The Morgan fingerprint density at radius 1 is 1.17 bits per heavy atom. The van der Waals surface area contributed by atoms with Gasteiger partial charge in [-0.25, -0.2) is 4.98 Å². The van der Waals surface area contributed by atoms with Crippen LogP contribution in [0.3, 0.4) is 0 Å². The van der Waals surface area contributed by atoms with Crippen molar-refractivity contribution in [1.82, 2.24) is 19.2 Å². The molecule has 0 saturated carbocycles. The predicted octanol–water partition coefficient (Wildman–Crippen LogP) is 3.12. The number of ether oxygens (including phenoxy) is 1. The van der Waals surface area contributed by atoms with Crippen molar-refractivity contribution in [2.24, 2.45) is 0 Å². The van der Waals surface area contributed by atoms with Crippen LogP contribution in [-0.2, 0) is 9.59 Å². The highest BCUT2D eigenvalue weighted by Crippen LogP contribution is 2.42. The molecule has 2 aromatic heterocycles. The molecule has 1 fully saturated rings. The molecule has 1 atom stereocenters. The smallest absolute Gasteiger partial charge is 0.295 e. The summed E-state index contributed by atoms with van der Waals surface area (Å²) in [6.45, 7) is 8.29. The van der Waals surface area contributed by atoms with Crippen LogP contribution >= 0.6 is 0 Å². The van der Waals surface area contributed by atoms with Gasteiger partial charge in [-0.1, -0.05) is 26.0 Å². The number of phenolic OH excluding ortho intramolecular Hbond substituents is 1. The Labute approximate surface area is 203 Å². The Bertz CT molecular complexity index is 1310. The predicted molar refractivity (Wildman–Crippen MR) is 131 cm³/mol. The first-order valence-corrected chi connectivity index (χ1v) is 11.6. The van der Waals surface area contributed by atoms with Gasteiger partial charge in [0.15, 0.2) is 17.3 Å². The monoisotopic (exact) mass is 478 g/mol. The molecule has 35 heavy (non-hydrogen) atoms. The van der Waals surface area contributed by atoms with E-state index >= 15 is 0 Å². The Balaban J connectivity index is 1.91. The largest absolute Gasteiger partial charge is 0.505 e. The van der Waals surface area contributed by atoms with Gasteiger partial charge in [-0.15, -0.1) is 0 Å². The van der Waals surface area contributed by atoms with E-state index in [1.54, 1.807) is 41.8 Å². The number of aromatic hydroxyl groups is 1. The highest BCUT2D eigenvalue weighted by Gasteiger charge is 2.46. The number of aliphatic hydroxyl groups excluding tert-OH is 1. The maximum absolute atomic E-state index is 13.4. The molecule has 1 aromatic carbocycles. The summed E-state index contributed by atoms with van der Waals surface area (Å²) in [6.07, 6.45) is 1.75. The number of phenols is 1. The fraction of sp³-hybridized carbons (Fsp3) is 0.346. The van der Waals surface area contributed by atoms with Gasteiger partial charge in [-0.3, -0.25) is 14.0 Å². The van der Waals surface area contributed by atoms with E-state index < -0.39 is 17.7 Å². The molecule has 1 aliphatic rings. The number of methoxy groups -OCH3 is 1. The zero-order chi connectivity index (χ0) is 25.3. The molecule has 9 nitrogen and oxygen atoms in total. The number of carbonyl (C=O) groups excluding carboxylic acids is 2. The van der Waals surface area contributed by atoms with Crippen LogP contribution in [0.25, 0.3) is 11.4 Å². The van der Waals surface area contributed by atoms with Crippen LogP contribution in [0.15, 0.2) is 48.2 Å². The summed E-state index contributed by atoms with van der Waals surface area (Å²) in [5, 5.41) is 21.6. The Kier molecular flexibility index (Phi) is 6.79. The van der Waals surface area contributed by atoms with Gasteiger partial charge in [-0.2, -0.15) is 0 Å². The summed E-state index contributed by atoms with van der Waals surface area (Å²) in [4.78, 5) is 34.7. The second-order valence-corrected chi connectivity index (χ2v) is 8.43. The number of amides is 1. The number of likely N-dealkylation sites (tertiary alicyclic amines) is 1. The highest BCUT2D eigenvalue weighted by molar-refractivity contribution is 6.46. The number of benzene rings is 1. The van der Waals surface area contributed by atoms with E-state index in [9.17, 15) is 19.8 Å². The minimum Gasteiger partial charge on any atom is -0.505 e. The van der Waals surface area contributed by atoms with Crippen molar-refractivity contribution in [3.05, 3.63) is 65.1 Å². The standard InChI is InChI=1S/C26H30N4O5/c1-5-28(6-2)13-14-30-23(17-10-11-18(31)19(15-17)35-4)21(25(33)26(30)34)24(32)22-16(3)27-20-9-7-8-12-29(20)22/h7-12,15,23,31-32H,5-6,13-14H2,1-4H3/b24-21+. The first-order chi connectivity index (χ1) is 16.8. The van der Waals surface area contributed by atoms with Crippen LogP contribution in [0.1, 0.15) is 36.8 Å². The number of carbonyl (C=O) groups is 2. The first-order valence-electron chi connectivity index (χ1n) is 11.6. The van der Waals surface area contributed by atoms with Gasteiger partial charge in [0.2, 0.25) is 0 Å². The Hall–Kier alpha value is -3.85. The second kappa shape index (κ2) is 9.79. The first kappa shape index (κ1) is 24.3. The van der Waals surface area contributed by atoms with E-state index in [4.69, 9.17) is 4.74 Å². The van der Waals surface area contributed by atoms with Gasteiger partial charge in [0.25, 0.3) is 11.7 Å². The molecule has 4 rings (SSSR count). The summed E-state index contributed by atoms with van der Waals surface area (Å²) in [6, 6.07) is 9.26. The summed E-state index contributed by atoms with van der Waals surface area (Å²) < 4.78 is 6.97. The maximum Gasteiger partial charge on any atom is 0.295 e. The molecule has 3 aromatic rings. The van der Waals surface area contributed by atoms with Gasteiger partial charge >= 0.3 is 0 Å². The SMILES string of the molecule is CCN(CC)CCN1C(=O)C(=O)/C(=C(/O)c2c(C)nc3ccccn23)C1c1ccc(O)c(OC)c1. The lowest BCUT2D eigenvalue weighted by atomic mass is 9.96. The molecule has 1 amide bonds. The van der Waals surface area contributed by atoms with Crippen molar-refractivity contribution < 1.29 is 24.5 Å². The molecule has 9 heteroatoms. The number of pyridine rings is 1. The number of nitrogens with zero attached hydrogens (tertiary/aromatic N) is 4. The summed E-state index contributed by atoms with van der Waals surface area (Å²) in [7, 11) is 1.43. The van der Waals surface area contributed by atoms with Crippen LogP contribution in [-0.4, -0.2) is 74.4 Å². The molecular formula is C26H30N4O5. The summed E-state index contributed by atoms with van der Waals surface area (Å²) in [5.41, 5.74) is 2.04. The van der Waals surface area contributed by atoms with E-state index in [0.29, 0.717) is 35.7 Å². The quantitative estimate of drug-likeness (QED) is 0.291. The molecule has 0 radical (unpaired) electrons. The molecule has 1 saturated heterocycles. The molecule has 0 bridgehead atoms. The average Bonchev–Trinajstić information content (AvgIpc) is 3.32. The molecule has 184 valence electrons. The van der Waals surface area contributed by atoms with Crippen LogP contribution < -0.4 is 4.74 Å². The number of aromatic nitrogens is 2. The van der Waals surface area contributed by atoms with Crippen molar-refractivity contribution in [3.8, 4) is 11.5 Å². The minimum absolute atomic E-state index is 0.0176. The average molecular weight is 479 g/mol. The molecular weight excluding hydrogens is 448 g/mol. The number of hydrogen-bond donors (Lipinski definition) is 2. The number of Topliss-reactive ketones (excluding diaryl/α,β-unsaturated/α-hetero) is 1. The third-order valence-electron chi connectivity index (χ3n) is 6.54. The van der Waals surface area contributed by atoms with Gasteiger partial charge in [0.05, 0.1) is 24.4 Å². The number of rotatable bonds is 8. The van der Waals surface area contributed by atoms with Gasteiger partial charge < -0.3 is 24.7 Å². The lowest BCUT2D eigenvalue weighted by Crippen LogP contribution is -2.38. The highest BCUT2D eigenvalue weighted by atomic mass is 16.5. The number of aryl methyl sites for hydroxylation is 1. The van der Waals surface area contributed by atoms with Gasteiger partial charge in [0, 0.05) is 19.3 Å². The van der Waals surface area contributed by atoms with E-state index in [2.05, 4.69) is 9.88 Å². The number of ketones is 1. The van der Waals surface area contributed by atoms with Crippen molar-refractivity contribution >= 4 is 23.1 Å². The third kappa shape index (κ3) is 4.23. The summed E-state index contributed by atoms with van der Waals surface area (Å²) >= 11 is 0. The van der Waals surface area contributed by atoms with Gasteiger partial charge in [-0.05, 0) is 49.8 Å². The Morgan fingerprint density at radius 3 is 2.60 bits per heavy atom. The molecule has 3 heterocycles. The lowest BCUT2D eigenvalue weighted by molar-refractivity contribution is -0.140. The minimum atomic E-state index is -0.853. The van der Waals surface area contributed by atoms with Crippen molar-refractivity contribution in [1.29, 1.82) is 0 Å². The van der Waals surface area contributed by atoms with Crippen LogP contribution in [0, 0.1) is 6.92 Å². The zero-order valence-corrected chi connectivity index (χ0v) is 20.4. The topological polar surface area (TPSA) is 108 Å². The second-order valence-electron chi connectivity index (χ2n) is 8.43. The number of fused-ring (bicyclic) bond motifs is 1. The van der Waals surface area contributed by atoms with E-state index in [0.717, 1.165) is 13.1 Å². The van der Waals surface area contributed by atoms with Crippen molar-refractivity contribution in [2.45, 2.75) is 26.8 Å². The van der Waals surface area contributed by atoms with Gasteiger partial charge in [0.1, 0.15) is 11.3 Å². The fourth-order valence-electron chi connectivity index (χ4n) is 4.64. The Morgan fingerprint density at radius 2 is 1.91 bits per heavy atom. The molecule has 2 N–H and O–H groups in total. The maximum atomic E-state index is 13.4. The number of likely N-dealkylation sites (N-methyl/N-ethyl adjacent to an activating group) is 1. The lowest BCUT2D eigenvalue weighted by Gasteiger charge is -2.28. The molecule has 0 spiro atoms. The zero-order valence-electron chi connectivity index (χ0n) is 20.4. The molecule has 1 unspecified atom stereocenters. The van der Waals surface area contributed by atoms with Crippen LogP contribution in [0.2, 0.25) is 0 Å². The molecule has 1 aliphatic heterocycles. The van der Waals surface area contributed by atoms with E-state index in [1.807, 2.05) is 19.9 Å². The summed E-state index contributed by atoms with van der Waals surface area (Å²) in [5.74, 6) is -1.58. The van der Waals surface area contributed by atoms with Crippen molar-refractivity contribution in [2.75, 3.05) is 33.3 Å². The third-order valence-corrected chi connectivity index (χ3v) is 6.54. The number of hydrogen-bond acceptors (Lipinski definition) is 7. The van der Waals surface area contributed by atoms with E-state index in [1.165, 1.54) is 18.1 Å². The number of aliphatic hydroxyl groups is 1. The normalized spacial score (nSPS) is 17.6. The van der Waals surface area contributed by atoms with Crippen molar-refractivity contribution in [3.63, 3.8) is 0 Å².